The molecule has 126 valence electrons. The van der Waals surface area contributed by atoms with Crippen molar-refractivity contribution in [1.82, 2.24) is 4.98 Å². The third kappa shape index (κ3) is 4.11. The number of hydrogen-bond acceptors (Lipinski definition) is 7. The molecule has 0 bridgehead atoms. The topological polar surface area (TPSA) is 83.8 Å². The largest absolute Gasteiger partial charge is 0.507 e. The molecule has 2 N–H and O–H groups in total. The fraction of sp³-hybridized carbons (Fsp3) is 0.353. The number of rotatable bonds is 7. The van der Waals surface area contributed by atoms with Crippen LogP contribution in [0.2, 0.25) is 0 Å². The van der Waals surface area contributed by atoms with Crippen LogP contribution >= 0.6 is 11.3 Å². The van der Waals surface area contributed by atoms with Gasteiger partial charge in [0, 0.05) is 10.9 Å². The standard InChI is InChI=1S/C17H19N3O3S/c1-2-23-15(21)8-13-10-24-17(19-13)20-18-9-12-4-3-5-14(16(12)22)11-6-7-11/h3-5,9-11,22H,2,6-8H2,1H3,(H,19,20). The second kappa shape index (κ2) is 7.44. The normalized spacial score (nSPS) is 14.0. The van der Waals surface area contributed by atoms with Gasteiger partial charge < -0.3 is 9.84 Å². The van der Waals surface area contributed by atoms with Crippen LogP contribution in [0.4, 0.5) is 5.13 Å². The molecule has 0 unspecified atom stereocenters. The molecule has 0 saturated heterocycles. The van der Waals surface area contributed by atoms with Crippen LogP contribution in [0.5, 0.6) is 5.75 Å². The molecule has 1 aromatic carbocycles. The zero-order valence-electron chi connectivity index (χ0n) is 13.4. The summed E-state index contributed by atoms with van der Waals surface area (Å²) in [6.45, 7) is 2.13. The first-order chi connectivity index (χ1) is 11.7. The van der Waals surface area contributed by atoms with Crippen LogP contribution in [0.3, 0.4) is 0 Å². The lowest BCUT2D eigenvalue weighted by molar-refractivity contribution is -0.142. The lowest BCUT2D eigenvalue weighted by atomic mass is 10.1. The molecule has 0 atom stereocenters. The van der Waals surface area contributed by atoms with E-state index < -0.39 is 0 Å². The van der Waals surface area contributed by atoms with Gasteiger partial charge in [0.05, 0.1) is 24.9 Å². The highest BCUT2D eigenvalue weighted by atomic mass is 32.1. The number of aromatic nitrogens is 1. The SMILES string of the molecule is CCOC(=O)Cc1csc(NN=Cc2cccc(C3CC3)c2O)n1. The fourth-order valence-corrected chi connectivity index (χ4v) is 3.02. The second-order valence-corrected chi connectivity index (χ2v) is 6.41. The van der Waals surface area contributed by atoms with Crippen LogP contribution < -0.4 is 5.43 Å². The molecule has 3 rings (SSSR count). The molecule has 24 heavy (non-hydrogen) atoms. The minimum atomic E-state index is -0.292. The maximum Gasteiger partial charge on any atom is 0.311 e. The number of esters is 1. The Balaban J connectivity index is 1.60. The van der Waals surface area contributed by atoms with Crippen LogP contribution in [0.25, 0.3) is 0 Å². The van der Waals surface area contributed by atoms with Gasteiger partial charge in [-0.25, -0.2) is 4.98 Å². The molecule has 7 heteroatoms. The van der Waals surface area contributed by atoms with Crippen molar-refractivity contribution in [3.8, 4) is 5.75 Å². The van der Waals surface area contributed by atoms with Crippen LogP contribution in [-0.2, 0) is 16.0 Å². The smallest absolute Gasteiger partial charge is 0.311 e. The van der Waals surface area contributed by atoms with E-state index in [1.54, 1.807) is 18.5 Å². The molecular weight excluding hydrogens is 326 g/mol. The molecule has 1 aliphatic rings. The number of carbonyl (C=O) groups excluding carboxylic acids is 1. The number of carbonyl (C=O) groups is 1. The number of hydrogen-bond donors (Lipinski definition) is 2. The number of benzene rings is 1. The third-order valence-corrected chi connectivity index (χ3v) is 4.46. The Morgan fingerprint density at radius 3 is 3.12 bits per heavy atom. The van der Waals surface area contributed by atoms with Gasteiger partial charge in [0.2, 0.25) is 5.13 Å². The zero-order valence-corrected chi connectivity index (χ0v) is 14.2. The number of anilines is 1. The predicted octanol–water partition coefficient (Wildman–Crippen LogP) is 3.28. The number of nitrogens with one attached hydrogen (secondary N) is 1. The van der Waals surface area contributed by atoms with Crippen molar-refractivity contribution in [2.75, 3.05) is 12.0 Å². The molecular formula is C17H19N3O3S. The number of aromatic hydroxyl groups is 1. The lowest BCUT2D eigenvalue weighted by Gasteiger charge is -2.05. The summed E-state index contributed by atoms with van der Waals surface area (Å²) >= 11 is 1.36. The van der Waals surface area contributed by atoms with E-state index in [4.69, 9.17) is 4.74 Å². The maximum atomic E-state index is 11.4. The monoisotopic (exact) mass is 345 g/mol. The average Bonchev–Trinajstić information content (AvgIpc) is 3.30. The van der Waals surface area contributed by atoms with Crippen molar-refractivity contribution in [3.05, 3.63) is 40.4 Å². The first kappa shape index (κ1) is 16.4. The van der Waals surface area contributed by atoms with Crippen molar-refractivity contribution >= 4 is 28.7 Å². The van der Waals surface area contributed by atoms with E-state index in [2.05, 4.69) is 15.5 Å². The molecule has 0 amide bonds. The summed E-state index contributed by atoms with van der Waals surface area (Å²) < 4.78 is 4.89. The molecule has 1 saturated carbocycles. The van der Waals surface area contributed by atoms with E-state index >= 15 is 0 Å². The van der Waals surface area contributed by atoms with E-state index in [1.807, 2.05) is 18.2 Å². The molecule has 1 aliphatic carbocycles. The number of hydrazone groups is 1. The Hall–Kier alpha value is -2.41. The molecule has 0 aliphatic heterocycles. The lowest BCUT2D eigenvalue weighted by Crippen LogP contribution is -2.07. The van der Waals surface area contributed by atoms with Gasteiger partial charge in [-0.1, -0.05) is 12.1 Å². The fourth-order valence-electron chi connectivity index (χ4n) is 2.36. The summed E-state index contributed by atoms with van der Waals surface area (Å²) in [5.41, 5.74) is 5.14. The van der Waals surface area contributed by atoms with Crippen LogP contribution in [0, 0.1) is 0 Å². The van der Waals surface area contributed by atoms with E-state index in [0.29, 0.717) is 34.7 Å². The van der Waals surface area contributed by atoms with Crippen LogP contribution in [0.15, 0.2) is 28.7 Å². The molecule has 0 radical (unpaired) electrons. The number of phenolic OH excluding ortho intramolecular Hbond substituents is 1. The summed E-state index contributed by atoms with van der Waals surface area (Å²) in [5.74, 6) is 0.489. The Kier molecular flexibility index (Phi) is 5.10. The summed E-state index contributed by atoms with van der Waals surface area (Å²) in [4.78, 5) is 15.7. The second-order valence-electron chi connectivity index (χ2n) is 5.56. The zero-order chi connectivity index (χ0) is 16.9. The van der Waals surface area contributed by atoms with Gasteiger partial charge in [-0.15, -0.1) is 11.3 Å². The minimum Gasteiger partial charge on any atom is -0.507 e. The molecule has 1 heterocycles. The van der Waals surface area contributed by atoms with Gasteiger partial charge in [0.25, 0.3) is 0 Å². The van der Waals surface area contributed by atoms with Gasteiger partial charge in [0.1, 0.15) is 5.75 Å². The number of para-hydroxylation sites is 1. The number of nitrogens with zero attached hydrogens (tertiary/aromatic N) is 2. The Morgan fingerprint density at radius 2 is 2.38 bits per heavy atom. The summed E-state index contributed by atoms with van der Waals surface area (Å²) in [6.07, 6.45) is 4.00. The van der Waals surface area contributed by atoms with Gasteiger partial charge >= 0.3 is 5.97 Å². The Morgan fingerprint density at radius 1 is 1.54 bits per heavy atom. The quantitative estimate of drug-likeness (QED) is 0.457. The van der Waals surface area contributed by atoms with Gasteiger partial charge in [-0.3, -0.25) is 10.2 Å². The maximum absolute atomic E-state index is 11.4. The van der Waals surface area contributed by atoms with Crippen molar-refractivity contribution in [2.24, 2.45) is 5.10 Å². The number of phenols is 1. The first-order valence-electron chi connectivity index (χ1n) is 7.88. The number of thiazole rings is 1. The van der Waals surface area contributed by atoms with Crippen molar-refractivity contribution in [2.45, 2.75) is 32.1 Å². The van der Waals surface area contributed by atoms with Gasteiger partial charge in [0.15, 0.2) is 0 Å². The minimum absolute atomic E-state index is 0.153. The molecule has 0 spiro atoms. The van der Waals surface area contributed by atoms with E-state index in [0.717, 1.165) is 18.4 Å². The van der Waals surface area contributed by atoms with E-state index in [-0.39, 0.29) is 12.4 Å². The summed E-state index contributed by atoms with van der Waals surface area (Å²) in [5, 5.41) is 16.8. The molecule has 2 aromatic rings. The Labute approximate surface area is 144 Å². The Bertz CT molecular complexity index is 753. The van der Waals surface area contributed by atoms with Crippen LogP contribution in [-0.4, -0.2) is 28.9 Å². The van der Waals surface area contributed by atoms with Crippen molar-refractivity contribution in [3.63, 3.8) is 0 Å². The van der Waals surface area contributed by atoms with Crippen LogP contribution in [0.1, 0.15) is 42.5 Å². The predicted molar refractivity (Wildman–Crippen MR) is 93.7 cm³/mol. The highest BCUT2D eigenvalue weighted by Gasteiger charge is 2.26. The van der Waals surface area contributed by atoms with Crippen molar-refractivity contribution < 1.29 is 14.6 Å². The third-order valence-electron chi connectivity index (χ3n) is 3.66. The van der Waals surface area contributed by atoms with Gasteiger partial charge in [-0.05, 0) is 37.3 Å². The first-order valence-corrected chi connectivity index (χ1v) is 8.76. The summed E-state index contributed by atoms with van der Waals surface area (Å²) in [6, 6.07) is 5.70. The molecule has 1 fully saturated rings. The van der Waals surface area contributed by atoms with E-state index in [1.165, 1.54) is 11.3 Å². The van der Waals surface area contributed by atoms with Crippen molar-refractivity contribution in [1.29, 1.82) is 0 Å². The summed E-state index contributed by atoms with van der Waals surface area (Å²) in [7, 11) is 0. The highest BCUT2D eigenvalue weighted by Crippen LogP contribution is 2.44. The van der Waals surface area contributed by atoms with Gasteiger partial charge in [-0.2, -0.15) is 5.10 Å². The average molecular weight is 345 g/mol. The van der Waals surface area contributed by atoms with E-state index in [9.17, 15) is 9.90 Å². The molecule has 6 nitrogen and oxygen atoms in total. The number of ether oxygens (including phenoxy) is 1. The highest BCUT2D eigenvalue weighted by molar-refractivity contribution is 7.13. The molecule has 1 aromatic heterocycles.